The van der Waals surface area contributed by atoms with Crippen LogP contribution in [0, 0.1) is 0 Å². The van der Waals surface area contributed by atoms with E-state index in [-0.39, 0.29) is 12.0 Å². The van der Waals surface area contributed by atoms with Crippen LogP contribution in [-0.2, 0) is 16.0 Å². The van der Waals surface area contributed by atoms with Gasteiger partial charge in [0, 0.05) is 23.6 Å². The van der Waals surface area contributed by atoms with Crippen LogP contribution >= 0.6 is 11.8 Å². The molecule has 0 radical (unpaired) electrons. The summed E-state index contributed by atoms with van der Waals surface area (Å²) in [6.07, 6.45) is 2.38. The standard InChI is InChI=1S/C19H21NO2S/c21-19-18(14-15-8-4-5-11-17(15)20-19)22-12-6-7-13-23-16-9-2-1-3-10-16/h1-5,8-11,18H,6-7,12-14H2,(H,20,21). The summed E-state index contributed by atoms with van der Waals surface area (Å²) >= 11 is 1.86. The van der Waals surface area contributed by atoms with Gasteiger partial charge in [-0.3, -0.25) is 4.79 Å². The average molecular weight is 327 g/mol. The maximum Gasteiger partial charge on any atom is 0.253 e. The summed E-state index contributed by atoms with van der Waals surface area (Å²) in [5.41, 5.74) is 2.06. The Labute approximate surface area is 141 Å². The number of carbonyl (C=O) groups is 1. The molecule has 3 nitrogen and oxygen atoms in total. The number of ether oxygens (including phenoxy) is 1. The maximum absolute atomic E-state index is 12.0. The molecule has 1 unspecified atom stereocenters. The fourth-order valence-electron chi connectivity index (χ4n) is 2.60. The molecule has 1 aliphatic heterocycles. The summed E-state index contributed by atoms with van der Waals surface area (Å²) in [5, 5.41) is 2.92. The SMILES string of the molecule is O=C1Nc2ccccc2CC1OCCCCSc1ccccc1. The van der Waals surface area contributed by atoms with Crippen LogP contribution in [0.1, 0.15) is 18.4 Å². The van der Waals surface area contributed by atoms with Gasteiger partial charge in [-0.25, -0.2) is 0 Å². The highest BCUT2D eigenvalue weighted by Crippen LogP contribution is 2.23. The topological polar surface area (TPSA) is 38.3 Å². The minimum absolute atomic E-state index is 0.0256. The van der Waals surface area contributed by atoms with Gasteiger partial charge in [-0.15, -0.1) is 11.8 Å². The Morgan fingerprint density at radius 3 is 2.70 bits per heavy atom. The molecule has 1 amide bonds. The minimum Gasteiger partial charge on any atom is -0.368 e. The third kappa shape index (κ3) is 4.60. The van der Waals surface area contributed by atoms with Gasteiger partial charge in [0.25, 0.3) is 5.91 Å². The van der Waals surface area contributed by atoms with Crippen molar-refractivity contribution in [1.82, 2.24) is 0 Å². The van der Waals surface area contributed by atoms with Gasteiger partial charge in [0.15, 0.2) is 0 Å². The van der Waals surface area contributed by atoms with E-state index in [2.05, 4.69) is 29.6 Å². The Bertz CT molecular complexity index is 645. The highest BCUT2D eigenvalue weighted by atomic mass is 32.2. The van der Waals surface area contributed by atoms with E-state index in [0.717, 1.165) is 29.8 Å². The van der Waals surface area contributed by atoms with Crippen molar-refractivity contribution in [1.29, 1.82) is 0 Å². The van der Waals surface area contributed by atoms with E-state index in [9.17, 15) is 4.79 Å². The number of rotatable bonds is 7. The van der Waals surface area contributed by atoms with Crippen LogP contribution in [0.15, 0.2) is 59.5 Å². The van der Waals surface area contributed by atoms with Crippen LogP contribution in [0.25, 0.3) is 0 Å². The summed E-state index contributed by atoms with van der Waals surface area (Å²) in [4.78, 5) is 13.3. The first-order valence-corrected chi connectivity index (χ1v) is 9.00. The van der Waals surface area contributed by atoms with Gasteiger partial charge in [0.05, 0.1) is 0 Å². The highest BCUT2D eigenvalue weighted by molar-refractivity contribution is 7.99. The van der Waals surface area contributed by atoms with Crippen molar-refractivity contribution < 1.29 is 9.53 Å². The average Bonchev–Trinajstić information content (AvgIpc) is 2.59. The number of unbranched alkanes of at least 4 members (excludes halogenated alkanes) is 1. The molecule has 4 heteroatoms. The largest absolute Gasteiger partial charge is 0.368 e. The molecule has 0 aliphatic carbocycles. The first kappa shape index (κ1) is 16.1. The molecule has 1 atom stereocenters. The second kappa shape index (κ2) is 8.18. The maximum atomic E-state index is 12.0. The van der Waals surface area contributed by atoms with Crippen LogP contribution in [0.2, 0.25) is 0 Å². The van der Waals surface area contributed by atoms with Crippen molar-refractivity contribution >= 4 is 23.4 Å². The van der Waals surface area contributed by atoms with Gasteiger partial charge in [0.1, 0.15) is 6.10 Å². The lowest BCUT2D eigenvalue weighted by Crippen LogP contribution is -2.36. The molecule has 2 aromatic carbocycles. The van der Waals surface area contributed by atoms with E-state index < -0.39 is 0 Å². The number of benzene rings is 2. The van der Waals surface area contributed by atoms with Crippen molar-refractivity contribution in [3.05, 3.63) is 60.2 Å². The Morgan fingerprint density at radius 2 is 1.83 bits per heavy atom. The molecule has 0 aromatic heterocycles. The van der Waals surface area contributed by atoms with E-state index in [1.807, 2.05) is 42.1 Å². The number of hydrogen-bond donors (Lipinski definition) is 1. The van der Waals surface area contributed by atoms with Crippen molar-refractivity contribution in [3.63, 3.8) is 0 Å². The molecule has 2 aromatic rings. The fraction of sp³-hybridized carbons (Fsp3) is 0.316. The summed E-state index contributed by atoms with van der Waals surface area (Å²) in [7, 11) is 0. The van der Waals surface area contributed by atoms with E-state index in [1.54, 1.807) is 0 Å². The summed E-state index contributed by atoms with van der Waals surface area (Å²) < 4.78 is 5.78. The Morgan fingerprint density at radius 1 is 1.04 bits per heavy atom. The number of fused-ring (bicyclic) bond motifs is 1. The van der Waals surface area contributed by atoms with Gasteiger partial charge in [-0.1, -0.05) is 36.4 Å². The Kier molecular flexibility index (Phi) is 5.72. The monoisotopic (exact) mass is 327 g/mol. The predicted octanol–water partition coefficient (Wildman–Crippen LogP) is 4.14. The Balaban J connectivity index is 1.36. The summed E-state index contributed by atoms with van der Waals surface area (Å²) in [6.45, 7) is 0.635. The van der Waals surface area contributed by atoms with Crippen molar-refractivity contribution in [3.8, 4) is 0 Å². The lowest BCUT2D eigenvalue weighted by Gasteiger charge is -2.24. The third-order valence-electron chi connectivity index (χ3n) is 3.84. The van der Waals surface area contributed by atoms with Crippen LogP contribution in [-0.4, -0.2) is 24.4 Å². The van der Waals surface area contributed by atoms with Gasteiger partial charge >= 0.3 is 0 Å². The summed E-state index contributed by atoms with van der Waals surface area (Å²) in [6, 6.07) is 18.3. The second-order valence-corrected chi connectivity index (χ2v) is 6.75. The van der Waals surface area contributed by atoms with E-state index >= 15 is 0 Å². The molecule has 0 saturated carbocycles. The number of para-hydroxylation sites is 1. The zero-order chi connectivity index (χ0) is 15.9. The molecule has 0 fully saturated rings. The molecule has 1 N–H and O–H groups in total. The predicted molar refractivity (Wildman–Crippen MR) is 94.9 cm³/mol. The summed E-state index contributed by atoms with van der Waals surface area (Å²) in [5.74, 6) is 1.05. The number of hydrogen-bond acceptors (Lipinski definition) is 3. The van der Waals surface area contributed by atoms with Crippen LogP contribution in [0.3, 0.4) is 0 Å². The lowest BCUT2D eigenvalue weighted by atomic mass is 10.0. The molecule has 3 rings (SSSR count). The van der Waals surface area contributed by atoms with Crippen molar-refractivity contribution in [2.24, 2.45) is 0 Å². The number of nitrogens with one attached hydrogen (secondary N) is 1. The van der Waals surface area contributed by atoms with Gasteiger partial charge in [0.2, 0.25) is 0 Å². The van der Waals surface area contributed by atoms with Gasteiger partial charge < -0.3 is 10.1 Å². The molecule has 1 aliphatic rings. The van der Waals surface area contributed by atoms with Crippen LogP contribution in [0.5, 0.6) is 0 Å². The lowest BCUT2D eigenvalue weighted by molar-refractivity contribution is -0.127. The molecular weight excluding hydrogens is 306 g/mol. The van der Waals surface area contributed by atoms with E-state index in [4.69, 9.17) is 4.74 Å². The minimum atomic E-state index is -0.355. The van der Waals surface area contributed by atoms with E-state index in [0.29, 0.717) is 13.0 Å². The van der Waals surface area contributed by atoms with Crippen molar-refractivity contribution in [2.45, 2.75) is 30.3 Å². The fourth-order valence-corrected chi connectivity index (χ4v) is 3.53. The van der Waals surface area contributed by atoms with Crippen LogP contribution < -0.4 is 5.32 Å². The first-order chi connectivity index (χ1) is 11.3. The highest BCUT2D eigenvalue weighted by Gasteiger charge is 2.26. The molecule has 0 spiro atoms. The van der Waals surface area contributed by atoms with Crippen LogP contribution in [0.4, 0.5) is 5.69 Å². The number of carbonyl (C=O) groups excluding carboxylic acids is 1. The molecule has 120 valence electrons. The number of amides is 1. The smallest absolute Gasteiger partial charge is 0.253 e. The van der Waals surface area contributed by atoms with Crippen molar-refractivity contribution in [2.75, 3.05) is 17.7 Å². The zero-order valence-electron chi connectivity index (χ0n) is 13.0. The normalized spacial score (nSPS) is 16.7. The second-order valence-electron chi connectivity index (χ2n) is 5.58. The first-order valence-electron chi connectivity index (χ1n) is 8.01. The molecule has 0 saturated heterocycles. The number of thioether (sulfide) groups is 1. The molecular formula is C19H21NO2S. The number of anilines is 1. The van der Waals surface area contributed by atoms with Gasteiger partial charge in [-0.05, 0) is 42.4 Å². The zero-order valence-corrected chi connectivity index (χ0v) is 13.9. The molecule has 1 heterocycles. The third-order valence-corrected chi connectivity index (χ3v) is 4.94. The molecule has 0 bridgehead atoms. The van der Waals surface area contributed by atoms with E-state index in [1.165, 1.54) is 4.90 Å². The quantitative estimate of drug-likeness (QED) is 0.613. The van der Waals surface area contributed by atoms with Gasteiger partial charge in [-0.2, -0.15) is 0 Å². The Hall–Kier alpha value is -1.78. The molecule has 23 heavy (non-hydrogen) atoms.